The first-order valence-electron chi connectivity index (χ1n) is 9.78. The van der Waals surface area contributed by atoms with Crippen molar-refractivity contribution in [2.45, 2.75) is 38.5 Å². The molecule has 2 aromatic rings. The summed E-state index contributed by atoms with van der Waals surface area (Å²) < 4.78 is 6.06. The minimum atomic E-state index is 0.968. The number of benzene rings is 2. The van der Waals surface area contributed by atoms with Gasteiger partial charge in [0, 0.05) is 6.54 Å². The average Bonchev–Trinajstić information content (AvgIpc) is 3.17. The van der Waals surface area contributed by atoms with Crippen molar-refractivity contribution in [3.05, 3.63) is 48.5 Å². The molecule has 1 fully saturated rings. The molecule has 2 aliphatic heterocycles. The lowest BCUT2D eigenvalue weighted by atomic mass is 10.1. The summed E-state index contributed by atoms with van der Waals surface area (Å²) in [6.45, 7) is 4.99. The zero-order valence-corrected chi connectivity index (χ0v) is 15.0. The minimum absolute atomic E-state index is 0.968. The molecule has 0 atom stereocenters. The Labute approximate surface area is 151 Å². The molecule has 0 radical (unpaired) electrons. The van der Waals surface area contributed by atoms with E-state index in [1.807, 2.05) is 12.1 Å². The molecule has 4 rings (SSSR count). The molecule has 0 aromatic heterocycles. The van der Waals surface area contributed by atoms with Gasteiger partial charge in [0.05, 0.1) is 11.4 Å². The third-order valence-corrected chi connectivity index (χ3v) is 5.34. The van der Waals surface area contributed by atoms with Crippen LogP contribution in [0.3, 0.4) is 0 Å². The minimum Gasteiger partial charge on any atom is -0.453 e. The number of rotatable bonds is 7. The molecule has 2 aromatic carbocycles. The Morgan fingerprint density at radius 2 is 1.24 bits per heavy atom. The van der Waals surface area contributed by atoms with Crippen molar-refractivity contribution in [1.29, 1.82) is 0 Å². The Balaban J connectivity index is 1.32. The molecule has 0 aliphatic carbocycles. The first kappa shape index (κ1) is 16.5. The van der Waals surface area contributed by atoms with Gasteiger partial charge in [0.2, 0.25) is 0 Å². The predicted molar refractivity (Wildman–Crippen MR) is 104 cm³/mol. The van der Waals surface area contributed by atoms with E-state index in [0.717, 1.165) is 18.0 Å². The number of ether oxygens (including phenoxy) is 1. The van der Waals surface area contributed by atoms with Crippen LogP contribution < -0.4 is 9.64 Å². The van der Waals surface area contributed by atoms with Gasteiger partial charge < -0.3 is 14.5 Å². The molecule has 0 N–H and O–H groups in total. The van der Waals surface area contributed by atoms with Crippen molar-refractivity contribution in [2.24, 2.45) is 0 Å². The Bertz CT molecular complexity index is 648. The summed E-state index contributed by atoms with van der Waals surface area (Å²) in [4.78, 5) is 5.04. The highest BCUT2D eigenvalue weighted by atomic mass is 16.5. The maximum Gasteiger partial charge on any atom is 0.151 e. The first-order valence-corrected chi connectivity index (χ1v) is 9.78. The van der Waals surface area contributed by atoms with Gasteiger partial charge in [0.25, 0.3) is 0 Å². The fourth-order valence-electron chi connectivity index (χ4n) is 3.99. The van der Waals surface area contributed by atoms with E-state index in [-0.39, 0.29) is 0 Å². The predicted octanol–water partition coefficient (Wildman–Crippen LogP) is 5.59. The highest BCUT2D eigenvalue weighted by Crippen LogP contribution is 2.46. The number of unbranched alkanes of at least 4 members (excludes halogenated alkanes) is 3. The SMILES string of the molecule is c1ccc2c(c1)Oc1ccccc1N2CCCCCCN1CCCC1. The molecule has 0 spiro atoms. The number of hydrogen-bond donors (Lipinski definition) is 0. The van der Waals surface area contributed by atoms with Crippen LogP contribution in [0.4, 0.5) is 11.4 Å². The lowest BCUT2D eigenvalue weighted by Crippen LogP contribution is -2.22. The number of nitrogens with zero attached hydrogens (tertiary/aromatic N) is 2. The van der Waals surface area contributed by atoms with Crippen LogP contribution in [0.15, 0.2) is 48.5 Å². The Hall–Kier alpha value is -2.00. The summed E-state index contributed by atoms with van der Waals surface area (Å²) >= 11 is 0. The maximum atomic E-state index is 6.06. The van der Waals surface area contributed by atoms with Gasteiger partial charge in [-0.3, -0.25) is 0 Å². The molecule has 0 saturated carbocycles. The van der Waals surface area contributed by atoms with Crippen LogP contribution in [0.25, 0.3) is 0 Å². The molecule has 1 saturated heterocycles. The molecule has 3 heteroatoms. The van der Waals surface area contributed by atoms with Gasteiger partial charge in [-0.25, -0.2) is 0 Å². The van der Waals surface area contributed by atoms with Gasteiger partial charge in [-0.1, -0.05) is 37.1 Å². The average molecular weight is 336 g/mol. The van der Waals surface area contributed by atoms with E-state index < -0.39 is 0 Å². The number of anilines is 2. The molecule has 3 nitrogen and oxygen atoms in total. The monoisotopic (exact) mass is 336 g/mol. The van der Waals surface area contributed by atoms with Gasteiger partial charge in [-0.15, -0.1) is 0 Å². The third-order valence-electron chi connectivity index (χ3n) is 5.34. The summed E-state index contributed by atoms with van der Waals surface area (Å²) in [5.74, 6) is 1.94. The van der Waals surface area contributed by atoms with Crippen molar-refractivity contribution in [1.82, 2.24) is 4.90 Å². The quantitative estimate of drug-likeness (QED) is 0.613. The molecule has 2 heterocycles. The third kappa shape index (κ3) is 3.82. The molecule has 0 bridgehead atoms. The van der Waals surface area contributed by atoms with E-state index in [4.69, 9.17) is 4.74 Å². The second-order valence-electron chi connectivity index (χ2n) is 7.15. The van der Waals surface area contributed by atoms with Crippen molar-refractivity contribution in [3.63, 3.8) is 0 Å². The molecule has 132 valence electrons. The lowest BCUT2D eigenvalue weighted by molar-refractivity contribution is 0.328. The number of hydrogen-bond acceptors (Lipinski definition) is 3. The van der Waals surface area contributed by atoms with Crippen LogP contribution in [-0.2, 0) is 0 Å². The zero-order chi connectivity index (χ0) is 16.9. The molecule has 0 unspecified atom stereocenters. The fraction of sp³-hybridized carbons (Fsp3) is 0.455. The highest BCUT2D eigenvalue weighted by molar-refractivity contribution is 5.77. The van der Waals surface area contributed by atoms with Gasteiger partial charge in [-0.2, -0.15) is 0 Å². The van der Waals surface area contributed by atoms with E-state index in [0.29, 0.717) is 0 Å². The van der Waals surface area contributed by atoms with Gasteiger partial charge in [0.15, 0.2) is 11.5 Å². The first-order chi connectivity index (χ1) is 12.4. The van der Waals surface area contributed by atoms with Crippen LogP contribution in [0.1, 0.15) is 38.5 Å². The number of para-hydroxylation sites is 4. The largest absolute Gasteiger partial charge is 0.453 e. The van der Waals surface area contributed by atoms with Crippen molar-refractivity contribution in [3.8, 4) is 11.5 Å². The zero-order valence-electron chi connectivity index (χ0n) is 15.0. The lowest BCUT2D eigenvalue weighted by Gasteiger charge is -2.32. The van der Waals surface area contributed by atoms with Crippen molar-refractivity contribution < 1.29 is 4.74 Å². The van der Waals surface area contributed by atoms with Crippen LogP contribution in [0, 0.1) is 0 Å². The maximum absolute atomic E-state index is 6.06. The molecule has 2 aliphatic rings. The number of fused-ring (bicyclic) bond motifs is 2. The molecule has 0 amide bonds. The normalized spacial score (nSPS) is 16.4. The van der Waals surface area contributed by atoms with Crippen molar-refractivity contribution in [2.75, 3.05) is 31.1 Å². The fourth-order valence-corrected chi connectivity index (χ4v) is 3.99. The summed E-state index contributed by atoms with van der Waals surface area (Å²) in [6, 6.07) is 16.7. The topological polar surface area (TPSA) is 15.7 Å². The summed E-state index contributed by atoms with van der Waals surface area (Å²) in [7, 11) is 0. The Kier molecular flexibility index (Phi) is 5.22. The Morgan fingerprint density at radius 1 is 0.680 bits per heavy atom. The second-order valence-corrected chi connectivity index (χ2v) is 7.15. The standard InChI is InChI=1S/C22H28N2O/c1(7-15-23-16-9-10-17-23)2-8-18-24-19-11-3-5-13-21(19)25-22-14-6-4-12-20(22)24/h3-6,11-14H,1-2,7-10,15-18H2. The summed E-state index contributed by atoms with van der Waals surface area (Å²) in [6.07, 6.45) is 8.00. The van der Waals surface area contributed by atoms with E-state index >= 15 is 0 Å². The van der Waals surface area contributed by atoms with Crippen molar-refractivity contribution >= 4 is 11.4 Å². The van der Waals surface area contributed by atoms with E-state index in [1.165, 1.54) is 69.5 Å². The van der Waals surface area contributed by atoms with Gasteiger partial charge in [-0.05, 0) is 69.6 Å². The highest BCUT2D eigenvalue weighted by Gasteiger charge is 2.23. The summed E-state index contributed by atoms with van der Waals surface area (Å²) in [5.41, 5.74) is 2.39. The van der Waals surface area contributed by atoms with E-state index in [1.54, 1.807) is 0 Å². The smallest absolute Gasteiger partial charge is 0.151 e. The van der Waals surface area contributed by atoms with E-state index in [9.17, 15) is 0 Å². The second kappa shape index (κ2) is 7.92. The van der Waals surface area contributed by atoms with Crippen LogP contribution in [-0.4, -0.2) is 31.1 Å². The van der Waals surface area contributed by atoms with Crippen LogP contribution in [0.5, 0.6) is 11.5 Å². The van der Waals surface area contributed by atoms with Gasteiger partial charge >= 0.3 is 0 Å². The van der Waals surface area contributed by atoms with Crippen LogP contribution in [0.2, 0.25) is 0 Å². The van der Waals surface area contributed by atoms with E-state index in [2.05, 4.69) is 46.2 Å². The molecule has 25 heavy (non-hydrogen) atoms. The molecular weight excluding hydrogens is 308 g/mol. The Morgan fingerprint density at radius 3 is 1.88 bits per heavy atom. The molecular formula is C22H28N2O. The van der Waals surface area contributed by atoms with Crippen LogP contribution >= 0.6 is 0 Å². The number of likely N-dealkylation sites (tertiary alicyclic amines) is 1. The summed E-state index contributed by atoms with van der Waals surface area (Å²) in [5, 5.41) is 0. The van der Waals surface area contributed by atoms with Gasteiger partial charge in [0.1, 0.15) is 0 Å².